The second-order valence-corrected chi connectivity index (χ2v) is 12.8. The number of nitrogens with one attached hydrogen (secondary N) is 1. The number of anilines is 1. The third-order valence-electron chi connectivity index (χ3n) is 7.92. The zero-order valence-electron chi connectivity index (χ0n) is 23.6. The molecule has 3 aliphatic heterocycles. The van der Waals surface area contributed by atoms with Gasteiger partial charge in [0.15, 0.2) is 5.54 Å². The van der Waals surface area contributed by atoms with Crippen molar-refractivity contribution in [2.75, 3.05) is 38.0 Å². The minimum absolute atomic E-state index is 0.0724. The minimum Gasteiger partial charge on any atom is -0.444 e. The van der Waals surface area contributed by atoms with Crippen molar-refractivity contribution in [2.45, 2.75) is 77.5 Å². The van der Waals surface area contributed by atoms with Crippen LogP contribution in [0.2, 0.25) is 0 Å². The van der Waals surface area contributed by atoms with E-state index in [0.717, 1.165) is 48.1 Å². The van der Waals surface area contributed by atoms with Gasteiger partial charge in [-0.2, -0.15) is 0 Å². The molecule has 5 rings (SSSR count). The molecular formula is C29H39N5O4S. The van der Waals surface area contributed by atoms with Crippen LogP contribution in [0.1, 0.15) is 70.7 Å². The predicted octanol–water partition coefficient (Wildman–Crippen LogP) is 4.97. The fraction of sp³-hybridized carbons (Fsp3) is 0.586. The number of rotatable bonds is 4. The molecule has 0 radical (unpaired) electrons. The Morgan fingerprint density at radius 2 is 1.90 bits per heavy atom. The van der Waals surface area contributed by atoms with E-state index in [4.69, 9.17) is 9.73 Å². The zero-order valence-corrected chi connectivity index (χ0v) is 24.4. The van der Waals surface area contributed by atoms with Crippen LogP contribution in [0.5, 0.6) is 0 Å². The van der Waals surface area contributed by atoms with Crippen LogP contribution in [0.25, 0.3) is 10.1 Å². The van der Waals surface area contributed by atoms with E-state index in [1.165, 1.54) is 11.3 Å². The molecule has 10 heteroatoms. The number of thiophene rings is 1. The van der Waals surface area contributed by atoms with Crippen molar-refractivity contribution in [3.05, 3.63) is 29.8 Å². The Morgan fingerprint density at radius 1 is 1.18 bits per heavy atom. The van der Waals surface area contributed by atoms with E-state index in [9.17, 15) is 14.4 Å². The van der Waals surface area contributed by atoms with Crippen LogP contribution in [0, 0.1) is 0 Å². The number of fused-ring (bicyclic) bond motifs is 1. The number of hydrogen-bond acceptors (Lipinski definition) is 7. The summed E-state index contributed by atoms with van der Waals surface area (Å²) >= 11 is 1.39. The minimum atomic E-state index is -0.650. The highest BCUT2D eigenvalue weighted by Crippen LogP contribution is 2.38. The molecule has 1 aromatic carbocycles. The number of amides is 3. The third kappa shape index (κ3) is 5.41. The van der Waals surface area contributed by atoms with E-state index in [1.807, 2.05) is 63.8 Å². The number of carbonyl (C=O) groups is 3. The van der Waals surface area contributed by atoms with Gasteiger partial charge in [-0.15, -0.1) is 11.3 Å². The average Bonchev–Trinajstić information content (AvgIpc) is 3.35. The van der Waals surface area contributed by atoms with Gasteiger partial charge in [-0.1, -0.05) is 18.2 Å². The summed E-state index contributed by atoms with van der Waals surface area (Å²) in [7, 11) is 0. The largest absolute Gasteiger partial charge is 0.444 e. The molecule has 39 heavy (non-hydrogen) atoms. The molecule has 2 aromatic rings. The molecular weight excluding hydrogens is 514 g/mol. The Balaban J connectivity index is 1.28. The highest BCUT2D eigenvalue weighted by atomic mass is 32.1. The van der Waals surface area contributed by atoms with Gasteiger partial charge in [0.25, 0.3) is 11.8 Å². The maximum absolute atomic E-state index is 13.9. The number of hydrogen-bond donors (Lipinski definition) is 1. The molecule has 4 heterocycles. The molecule has 0 aliphatic carbocycles. The first kappa shape index (κ1) is 27.6. The topological polar surface area (TPSA) is 94.6 Å². The van der Waals surface area contributed by atoms with Crippen molar-refractivity contribution in [3.8, 4) is 0 Å². The van der Waals surface area contributed by atoms with Gasteiger partial charge in [0, 0.05) is 42.3 Å². The molecule has 2 fully saturated rings. The number of likely N-dealkylation sites (tertiary alicyclic amines) is 2. The van der Waals surface area contributed by atoms with Crippen molar-refractivity contribution < 1.29 is 19.1 Å². The molecule has 1 atom stereocenters. The summed E-state index contributed by atoms with van der Waals surface area (Å²) in [6, 6.07) is 8.05. The zero-order chi connectivity index (χ0) is 27.9. The maximum atomic E-state index is 13.9. The van der Waals surface area contributed by atoms with E-state index in [2.05, 4.69) is 10.2 Å². The molecule has 2 saturated heterocycles. The van der Waals surface area contributed by atoms with Gasteiger partial charge in [-0.3, -0.25) is 29.7 Å². The lowest BCUT2D eigenvalue weighted by Gasteiger charge is -2.44. The summed E-state index contributed by atoms with van der Waals surface area (Å²) in [5.41, 5.74) is -0.761. The molecule has 0 saturated carbocycles. The second kappa shape index (κ2) is 10.5. The van der Waals surface area contributed by atoms with Crippen LogP contribution in [0.4, 0.5) is 9.80 Å². The van der Waals surface area contributed by atoms with E-state index in [1.54, 1.807) is 4.90 Å². The van der Waals surface area contributed by atoms with Gasteiger partial charge in [0.2, 0.25) is 0 Å². The van der Waals surface area contributed by atoms with E-state index in [-0.39, 0.29) is 11.8 Å². The number of benzene rings is 1. The van der Waals surface area contributed by atoms with E-state index in [0.29, 0.717) is 42.8 Å². The summed E-state index contributed by atoms with van der Waals surface area (Å²) in [5.74, 6) is 0.884. The van der Waals surface area contributed by atoms with Crippen LogP contribution in [-0.2, 0) is 9.53 Å². The van der Waals surface area contributed by atoms with Crippen LogP contribution in [-0.4, -0.2) is 88.3 Å². The fourth-order valence-corrected chi connectivity index (χ4v) is 7.25. The first-order chi connectivity index (χ1) is 18.5. The molecule has 1 N–H and O–H groups in total. The Morgan fingerprint density at radius 3 is 2.56 bits per heavy atom. The third-order valence-corrected chi connectivity index (χ3v) is 9.00. The van der Waals surface area contributed by atoms with Crippen molar-refractivity contribution >= 4 is 50.2 Å². The van der Waals surface area contributed by atoms with Crippen molar-refractivity contribution in [1.29, 1.82) is 0 Å². The normalized spacial score (nSPS) is 23.0. The molecule has 1 aromatic heterocycles. The number of carbonyl (C=O) groups excluding carboxylic acids is 3. The van der Waals surface area contributed by atoms with Crippen molar-refractivity contribution in [2.24, 2.45) is 4.99 Å². The van der Waals surface area contributed by atoms with Gasteiger partial charge in [-0.25, -0.2) is 4.79 Å². The molecule has 9 nitrogen and oxygen atoms in total. The number of amidine groups is 1. The first-order valence-electron chi connectivity index (χ1n) is 13.9. The maximum Gasteiger partial charge on any atom is 0.412 e. The van der Waals surface area contributed by atoms with Crippen LogP contribution >= 0.6 is 11.3 Å². The van der Waals surface area contributed by atoms with Gasteiger partial charge in [0.05, 0.1) is 5.56 Å². The Bertz CT molecular complexity index is 1310. The number of ether oxygens (including phenoxy) is 1. The summed E-state index contributed by atoms with van der Waals surface area (Å²) in [5, 5.41) is 4.19. The highest BCUT2D eigenvalue weighted by Gasteiger charge is 2.50. The molecule has 210 valence electrons. The summed E-state index contributed by atoms with van der Waals surface area (Å²) < 4.78 is 6.40. The first-order valence-corrected chi connectivity index (χ1v) is 14.8. The van der Waals surface area contributed by atoms with Crippen molar-refractivity contribution in [1.82, 2.24) is 14.7 Å². The fourth-order valence-electron chi connectivity index (χ4n) is 6.17. The van der Waals surface area contributed by atoms with Crippen LogP contribution in [0.3, 0.4) is 0 Å². The van der Waals surface area contributed by atoms with Crippen LogP contribution in [0.15, 0.2) is 29.3 Å². The number of piperidine rings is 2. The molecule has 1 unspecified atom stereocenters. The number of aliphatic imine (C=N–C) groups is 1. The summed E-state index contributed by atoms with van der Waals surface area (Å²) in [6.07, 6.45) is 2.86. The van der Waals surface area contributed by atoms with Gasteiger partial charge >= 0.3 is 6.09 Å². The Labute approximate surface area is 234 Å². The summed E-state index contributed by atoms with van der Waals surface area (Å²) in [6.45, 7) is 12.9. The number of nitrogens with zero attached hydrogens (tertiary/aromatic N) is 4. The lowest BCUT2D eigenvalue weighted by atomic mass is 9.87. The standard InChI is InChI=1S/C29H39N5O4S/c1-6-34-19(2)31-29(26(34)36)14-9-15-33(18-29)20-12-16-32(17-13-20)25(35)23-21-10-7-8-11-22(21)39-24(23)30-27(37)38-28(3,4)5/h7-8,10-11,20H,6,9,12-18H2,1-5H3,(H,30,37). The van der Waals surface area contributed by atoms with Gasteiger partial charge in [0.1, 0.15) is 16.4 Å². The molecule has 3 amide bonds. The monoisotopic (exact) mass is 553 g/mol. The van der Waals surface area contributed by atoms with E-state index < -0.39 is 17.2 Å². The second-order valence-electron chi connectivity index (χ2n) is 11.8. The van der Waals surface area contributed by atoms with Crippen LogP contribution < -0.4 is 5.32 Å². The van der Waals surface area contributed by atoms with Crippen molar-refractivity contribution in [3.63, 3.8) is 0 Å². The van der Waals surface area contributed by atoms with Gasteiger partial charge < -0.3 is 9.64 Å². The Kier molecular flexibility index (Phi) is 7.45. The van der Waals surface area contributed by atoms with E-state index >= 15 is 0 Å². The lowest BCUT2D eigenvalue weighted by molar-refractivity contribution is -0.133. The average molecular weight is 554 g/mol. The SMILES string of the molecule is CCN1C(=O)C2(CCCN(C3CCN(C(=O)c4c(NC(=O)OC(C)(C)C)sc5ccccc45)CC3)C2)N=C1C. The molecule has 1 spiro atoms. The quantitative estimate of drug-likeness (QED) is 0.577. The highest BCUT2D eigenvalue weighted by molar-refractivity contribution is 7.23. The molecule has 3 aliphatic rings. The summed E-state index contributed by atoms with van der Waals surface area (Å²) in [4.78, 5) is 50.6. The van der Waals surface area contributed by atoms with Gasteiger partial charge in [-0.05, 0) is 72.9 Å². The predicted molar refractivity (Wildman–Crippen MR) is 155 cm³/mol. The molecule has 0 bridgehead atoms. The smallest absolute Gasteiger partial charge is 0.412 e. The lowest BCUT2D eigenvalue weighted by Crippen LogP contribution is -2.57. The Hall–Kier alpha value is -2.98. The number of likely N-dealkylation sites (N-methyl/N-ethyl adjacent to an activating group) is 1.